The van der Waals surface area contributed by atoms with Crippen molar-refractivity contribution in [2.24, 2.45) is 5.10 Å². The van der Waals surface area contributed by atoms with Gasteiger partial charge in [-0.1, -0.05) is 38.1 Å². The zero-order valence-corrected chi connectivity index (χ0v) is 13.7. The Morgan fingerprint density at radius 1 is 1.30 bits per heavy atom. The fraction of sp³-hybridized carbons (Fsp3) is 0.250. The number of H-pyrrole nitrogens is 2. The predicted octanol–water partition coefficient (Wildman–Crippen LogP) is 2.25. The lowest BCUT2D eigenvalue weighted by atomic mass is 10.0. The number of amides is 1. The third kappa shape index (κ3) is 5.30. The zero-order valence-electron chi connectivity index (χ0n) is 12.9. The molecule has 0 aliphatic rings. The molecule has 1 aromatic heterocycles. The normalized spacial score (nSPS) is 11.1. The van der Waals surface area contributed by atoms with Gasteiger partial charge in [-0.2, -0.15) is 5.10 Å². The van der Waals surface area contributed by atoms with E-state index in [4.69, 9.17) is 12.2 Å². The molecule has 120 valence electrons. The van der Waals surface area contributed by atoms with Crippen LogP contribution in [0.25, 0.3) is 0 Å². The maximum Gasteiger partial charge on any atom is 0.251 e. The highest BCUT2D eigenvalue weighted by Crippen LogP contribution is 2.13. The summed E-state index contributed by atoms with van der Waals surface area (Å²) in [7, 11) is 0. The van der Waals surface area contributed by atoms with Crippen LogP contribution in [0, 0.1) is 4.77 Å². The molecule has 0 radical (unpaired) electrons. The molecule has 0 saturated heterocycles. The molecule has 0 unspecified atom stereocenters. The molecule has 0 atom stereocenters. The summed E-state index contributed by atoms with van der Waals surface area (Å²) < 4.78 is 0.189. The fourth-order valence-electron chi connectivity index (χ4n) is 1.97. The van der Waals surface area contributed by atoms with Crippen molar-refractivity contribution in [1.29, 1.82) is 0 Å². The molecule has 0 aliphatic heterocycles. The Bertz CT molecular complexity index is 791. The van der Waals surface area contributed by atoms with E-state index in [9.17, 15) is 9.59 Å². The standard InChI is InChI=1S/C16H18N4O2S/c1-10(2)12-5-3-11(4-6-12)9-17-20-15(22)8-13-7-14(21)19-16(23)18-13/h3-7,9-10H,8H2,1-2H3,(H,20,22)(H2,18,19,21,23)/b17-9-. The van der Waals surface area contributed by atoms with Gasteiger partial charge in [0.1, 0.15) is 0 Å². The van der Waals surface area contributed by atoms with Gasteiger partial charge in [0.05, 0.1) is 12.6 Å². The van der Waals surface area contributed by atoms with Crippen LogP contribution in [0.1, 0.15) is 36.6 Å². The molecular weight excluding hydrogens is 312 g/mol. The van der Waals surface area contributed by atoms with Crippen LogP contribution in [0.3, 0.4) is 0 Å². The molecule has 0 saturated carbocycles. The Hall–Kier alpha value is -2.54. The summed E-state index contributed by atoms with van der Waals surface area (Å²) in [4.78, 5) is 28.2. The van der Waals surface area contributed by atoms with Gasteiger partial charge in [-0.05, 0) is 29.3 Å². The minimum Gasteiger partial charge on any atom is -0.335 e. The van der Waals surface area contributed by atoms with E-state index < -0.39 is 0 Å². The monoisotopic (exact) mass is 330 g/mol. The molecule has 3 N–H and O–H groups in total. The molecule has 7 heteroatoms. The number of aromatic amines is 2. The van der Waals surface area contributed by atoms with E-state index in [1.165, 1.54) is 11.6 Å². The molecule has 0 bridgehead atoms. The first kappa shape index (κ1) is 16.8. The number of carbonyl (C=O) groups is 1. The lowest BCUT2D eigenvalue weighted by Crippen LogP contribution is -2.21. The number of aromatic nitrogens is 2. The average Bonchev–Trinajstić information content (AvgIpc) is 2.46. The van der Waals surface area contributed by atoms with Gasteiger partial charge in [-0.3, -0.25) is 14.6 Å². The highest BCUT2D eigenvalue weighted by atomic mass is 32.1. The van der Waals surface area contributed by atoms with Crippen LogP contribution in [-0.4, -0.2) is 22.1 Å². The van der Waals surface area contributed by atoms with Crippen molar-refractivity contribution in [3.8, 4) is 0 Å². The molecule has 0 fully saturated rings. The number of nitrogens with zero attached hydrogens (tertiary/aromatic N) is 1. The van der Waals surface area contributed by atoms with Crippen molar-refractivity contribution in [3.05, 3.63) is 62.3 Å². The van der Waals surface area contributed by atoms with E-state index in [0.717, 1.165) is 5.56 Å². The molecule has 1 heterocycles. The SMILES string of the molecule is CC(C)c1ccc(/C=N\NC(=O)Cc2cc(=O)[nH]c(=S)[nH]2)cc1. The van der Waals surface area contributed by atoms with Gasteiger partial charge < -0.3 is 4.98 Å². The van der Waals surface area contributed by atoms with E-state index >= 15 is 0 Å². The van der Waals surface area contributed by atoms with Gasteiger partial charge >= 0.3 is 0 Å². The van der Waals surface area contributed by atoms with Crippen molar-refractivity contribution in [2.75, 3.05) is 0 Å². The van der Waals surface area contributed by atoms with Crippen molar-refractivity contribution in [1.82, 2.24) is 15.4 Å². The largest absolute Gasteiger partial charge is 0.335 e. The average molecular weight is 330 g/mol. The summed E-state index contributed by atoms with van der Waals surface area (Å²) in [6.07, 6.45) is 1.57. The molecule has 0 spiro atoms. The number of hydrogen-bond donors (Lipinski definition) is 3. The second-order valence-corrected chi connectivity index (χ2v) is 5.81. The van der Waals surface area contributed by atoms with Crippen LogP contribution < -0.4 is 11.0 Å². The smallest absolute Gasteiger partial charge is 0.251 e. The molecule has 1 aromatic carbocycles. The summed E-state index contributed by atoms with van der Waals surface area (Å²) in [5.41, 5.74) is 4.66. The van der Waals surface area contributed by atoms with E-state index in [2.05, 4.69) is 34.3 Å². The van der Waals surface area contributed by atoms with Gasteiger partial charge in [-0.15, -0.1) is 0 Å². The van der Waals surface area contributed by atoms with Crippen LogP contribution >= 0.6 is 12.2 Å². The first-order valence-corrected chi connectivity index (χ1v) is 7.59. The van der Waals surface area contributed by atoms with E-state index in [0.29, 0.717) is 11.6 Å². The van der Waals surface area contributed by atoms with E-state index in [-0.39, 0.29) is 22.7 Å². The minimum absolute atomic E-state index is 0.00279. The summed E-state index contributed by atoms with van der Waals surface area (Å²) in [6.45, 7) is 4.26. The number of nitrogens with one attached hydrogen (secondary N) is 3. The summed E-state index contributed by atoms with van der Waals surface area (Å²) >= 11 is 4.85. The van der Waals surface area contributed by atoms with Gasteiger partial charge in [0.25, 0.3) is 5.56 Å². The third-order valence-corrected chi connectivity index (χ3v) is 3.38. The Morgan fingerprint density at radius 2 is 2.00 bits per heavy atom. The quantitative estimate of drug-likeness (QED) is 0.446. The van der Waals surface area contributed by atoms with Crippen LogP contribution in [0.5, 0.6) is 0 Å². The molecule has 0 aliphatic carbocycles. The minimum atomic E-state index is -0.342. The Balaban J connectivity index is 1.93. The van der Waals surface area contributed by atoms with Gasteiger partial charge in [0.15, 0.2) is 4.77 Å². The predicted molar refractivity (Wildman–Crippen MR) is 92.2 cm³/mol. The number of rotatable bonds is 5. The Labute approximate surface area is 138 Å². The molecular formula is C16H18N4O2S. The number of hydrazone groups is 1. The number of hydrogen-bond acceptors (Lipinski definition) is 4. The second-order valence-electron chi connectivity index (χ2n) is 5.40. The van der Waals surface area contributed by atoms with Crippen molar-refractivity contribution >= 4 is 24.3 Å². The van der Waals surface area contributed by atoms with Crippen molar-refractivity contribution in [2.45, 2.75) is 26.2 Å². The van der Waals surface area contributed by atoms with Gasteiger partial charge in [0, 0.05) is 11.8 Å². The Morgan fingerprint density at radius 3 is 2.61 bits per heavy atom. The summed E-state index contributed by atoms with van der Waals surface area (Å²) in [6, 6.07) is 9.25. The van der Waals surface area contributed by atoms with Crippen molar-refractivity contribution < 1.29 is 4.79 Å². The van der Waals surface area contributed by atoms with Crippen LogP contribution in [0.2, 0.25) is 0 Å². The summed E-state index contributed by atoms with van der Waals surface area (Å²) in [5.74, 6) is 0.136. The number of carbonyl (C=O) groups excluding carboxylic acids is 1. The topological polar surface area (TPSA) is 90.1 Å². The molecule has 1 amide bonds. The van der Waals surface area contributed by atoms with E-state index in [1.807, 2.05) is 24.3 Å². The van der Waals surface area contributed by atoms with Crippen LogP contribution in [0.15, 0.2) is 40.2 Å². The first-order chi connectivity index (χ1) is 10.9. The Kier molecular flexibility index (Phi) is 5.59. The number of benzene rings is 1. The highest BCUT2D eigenvalue weighted by Gasteiger charge is 2.03. The summed E-state index contributed by atoms with van der Waals surface area (Å²) in [5, 5.41) is 3.91. The molecule has 2 rings (SSSR count). The van der Waals surface area contributed by atoms with Gasteiger partial charge in [-0.25, -0.2) is 5.43 Å². The van der Waals surface area contributed by atoms with Crippen molar-refractivity contribution in [3.63, 3.8) is 0 Å². The maximum atomic E-state index is 11.8. The lowest BCUT2D eigenvalue weighted by Gasteiger charge is -2.04. The third-order valence-electron chi connectivity index (χ3n) is 3.17. The van der Waals surface area contributed by atoms with Crippen LogP contribution in [-0.2, 0) is 11.2 Å². The zero-order chi connectivity index (χ0) is 16.8. The van der Waals surface area contributed by atoms with Crippen LogP contribution in [0.4, 0.5) is 0 Å². The first-order valence-electron chi connectivity index (χ1n) is 7.18. The van der Waals surface area contributed by atoms with Gasteiger partial charge in [0.2, 0.25) is 5.91 Å². The van der Waals surface area contributed by atoms with E-state index in [1.54, 1.807) is 6.21 Å². The highest BCUT2D eigenvalue weighted by molar-refractivity contribution is 7.71. The molecule has 2 aromatic rings. The lowest BCUT2D eigenvalue weighted by molar-refractivity contribution is -0.120. The maximum absolute atomic E-state index is 11.8. The molecule has 6 nitrogen and oxygen atoms in total. The molecule has 23 heavy (non-hydrogen) atoms. The fourth-order valence-corrected chi connectivity index (χ4v) is 2.20. The second kappa shape index (κ2) is 7.64.